The molecule has 100 valence electrons. The van der Waals surface area contributed by atoms with Crippen LogP contribution in [-0.2, 0) is 7.05 Å². The molecule has 2 N–H and O–H groups in total. The molecular formula is C13H15FN4O. The van der Waals surface area contributed by atoms with Crippen LogP contribution in [0.3, 0.4) is 0 Å². The molecule has 0 saturated heterocycles. The van der Waals surface area contributed by atoms with Crippen molar-refractivity contribution in [1.29, 1.82) is 0 Å². The lowest BCUT2D eigenvalue weighted by atomic mass is 10.3. The molecule has 0 radical (unpaired) electrons. The summed E-state index contributed by atoms with van der Waals surface area (Å²) in [6.07, 6.45) is 0. The Morgan fingerprint density at radius 3 is 2.53 bits per heavy atom. The predicted octanol–water partition coefficient (Wildman–Crippen LogP) is 2.82. The van der Waals surface area contributed by atoms with E-state index >= 15 is 0 Å². The van der Waals surface area contributed by atoms with Gasteiger partial charge >= 0.3 is 6.03 Å². The third kappa shape index (κ3) is 2.73. The van der Waals surface area contributed by atoms with E-state index in [-0.39, 0.29) is 5.69 Å². The summed E-state index contributed by atoms with van der Waals surface area (Å²) in [5, 5.41) is 9.20. The Balaban J connectivity index is 2.10. The largest absolute Gasteiger partial charge is 0.324 e. The summed E-state index contributed by atoms with van der Waals surface area (Å²) in [6, 6.07) is 5.46. The number of aryl methyl sites for hydroxylation is 1. The van der Waals surface area contributed by atoms with Crippen LogP contribution >= 0.6 is 0 Å². The van der Waals surface area contributed by atoms with Crippen LogP contribution in [0, 0.1) is 19.7 Å². The number of nitrogens with zero attached hydrogens (tertiary/aromatic N) is 2. The molecule has 5 nitrogen and oxygen atoms in total. The van der Waals surface area contributed by atoms with Gasteiger partial charge in [-0.1, -0.05) is 12.1 Å². The molecule has 0 aliphatic carbocycles. The highest BCUT2D eigenvalue weighted by Gasteiger charge is 2.12. The molecule has 0 spiro atoms. The lowest BCUT2D eigenvalue weighted by molar-refractivity contribution is 0.262. The van der Waals surface area contributed by atoms with Crippen molar-refractivity contribution >= 4 is 17.5 Å². The molecule has 19 heavy (non-hydrogen) atoms. The van der Waals surface area contributed by atoms with E-state index in [1.165, 1.54) is 12.1 Å². The first kappa shape index (κ1) is 13.1. The van der Waals surface area contributed by atoms with Gasteiger partial charge in [0.25, 0.3) is 0 Å². The minimum atomic E-state index is -0.522. The van der Waals surface area contributed by atoms with E-state index < -0.39 is 11.8 Å². The average molecular weight is 262 g/mol. The monoisotopic (exact) mass is 262 g/mol. The molecule has 0 fully saturated rings. The number of rotatable bonds is 2. The van der Waals surface area contributed by atoms with E-state index in [0.717, 1.165) is 11.3 Å². The second-order valence-electron chi connectivity index (χ2n) is 4.24. The standard InChI is InChI=1S/C13H15FN4O/c1-8-9(2)18(3)17-12(8)16-13(19)15-11-7-5-4-6-10(11)14/h4-7H,1-3H3,(H2,15,16,17,19). The van der Waals surface area contributed by atoms with Gasteiger partial charge in [-0.05, 0) is 26.0 Å². The number of carbonyl (C=O) groups excluding carboxylic acids is 1. The van der Waals surface area contributed by atoms with E-state index in [2.05, 4.69) is 15.7 Å². The Labute approximate surface area is 110 Å². The highest BCUT2D eigenvalue weighted by molar-refractivity contribution is 5.99. The topological polar surface area (TPSA) is 59.0 Å². The number of aromatic nitrogens is 2. The number of hydrogen-bond acceptors (Lipinski definition) is 2. The Kier molecular flexibility index (Phi) is 3.50. The third-order valence-electron chi connectivity index (χ3n) is 2.99. The zero-order valence-corrected chi connectivity index (χ0v) is 11.0. The Morgan fingerprint density at radius 2 is 1.95 bits per heavy atom. The number of halogens is 1. The minimum absolute atomic E-state index is 0.130. The summed E-state index contributed by atoms with van der Waals surface area (Å²) in [6.45, 7) is 3.77. The smallest absolute Gasteiger partial charge is 0.305 e. The number of carbonyl (C=O) groups is 1. The van der Waals surface area contributed by atoms with Crippen molar-refractivity contribution in [3.63, 3.8) is 0 Å². The first-order valence-electron chi connectivity index (χ1n) is 5.81. The van der Waals surface area contributed by atoms with Crippen molar-refractivity contribution in [3.8, 4) is 0 Å². The highest BCUT2D eigenvalue weighted by Crippen LogP contribution is 2.17. The van der Waals surface area contributed by atoms with Gasteiger partial charge in [0.15, 0.2) is 5.82 Å². The summed E-state index contributed by atoms with van der Waals surface area (Å²) < 4.78 is 15.0. The summed E-state index contributed by atoms with van der Waals surface area (Å²) in [7, 11) is 1.79. The van der Waals surface area contributed by atoms with Gasteiger partial charge in [0.2, 0.25) is 0 Å². The lowest BCUT2D eigenvalue weighted by Gasteiger charge is -2.06. The zero-order valence-electron chi connectivity index (χ0n) is 11.0. The fourth-order valence-corrected chi connectivity index (χ4v) is 1.66. The van der Waals surface area contributed by atoms with Gasteiger partial charge in [-0.15, -0.1) is 0 Å². The van der Waals surface area contributed by atoms with Crippen molar-refractivity contribution in [2.45, 2.75) is 13.8 Å². The number of anilines is 2. The van der Waals surface area contributed by atoms with E-state index in [9.17, 15) is 9.18 Å². The van der Waals surface area contributed by atoms with Gasteiger partial charge < -0.3 is 5.32 Å². The van der Waals surface area contributed by atoms with Crippen LogP contribution in [-0.4, -0.2) is 15.8 Å². The second-order valence-corrected chi connectivity index (χ2v) is 4.24. The molecule has 1 aromatic heterocycles. The fraction of sp³-hybridized carbons (Fsp3) is 0.231. The van der Waals surface area contributed by atoms with E-state index in [0.29, 0.717) is 5.82 Å². The van der Waals surface area contributed by atoms with Gasteiger partial charge in [-0.25, -0.2) is 9.18 Å². The van der Waals surface area contributed by atoms with Crippen molar-refractivity contribution in [3.05, 3.63) is 41.3 Å². The zero-order chi connectivity index (χ0) is 14.0. The van der Waals surface area contributed by atoms with E-state index in [4.69, 9.17) is 0 Å². The summed E-state index contributed by atoms with van der Waals surface area (Å²) in [5.74, 6) is -0.0135. The molecule has 0 unspecified atom stereocenters. The van der Waals surface area contributed by atoms with Crippen molar-refractivity contribution in [2.75, 3.05) is 10.6 Å². The van der Waals surface area contributed by atoms with Crippen LogP contribution < -0.4 is 10.6 Å². The molecule has 2 amide bonds. The molecule has 1 heterocycles. The maximum Gasteiger partial charge on any atom is 0.324 e. The Bertz CT molecular complexity index is 621. The molecule has 1 aromatic carbocycles. The van der Waals surface area contributed by atoms with Gasteiger partial charge in [-0.3, -0.25) is 10.00 Å². The Morgan fingerprint density at radius 1 is 1.26 bits per heavy atom. The first-order chi connectivity index (χ1) is 8.99. The maximum atomic E-state index is 13.4. The molecule has 6 heteroatoms. The lowest BCUT2D eigenvalue weighted by Crippen LogP contribution is -2.20. The van der Waals surface area contributed by atoms with Gasteiger partial charge in [0, 0.05) is 18.3 Å². The summed E-state index contributed by atoms with van der Waals surface area (Å²) in [4.78, 5) is 11.8. The van der Waals surface area contributed by atoms with Crippen molar-refractivity contribution < 1.29 is 9.18 Å². The second kappa shape index (κ2) is 5.09. The van der Waals surface area contributed by atoms with Crippen LogP contribution in [0.4, 0.5) is 20.7 Å². The van der Waals surface area contributed by atoms with Gasteiger partial charge in [0.1, 0.15) is 5.82 Å². The van der Waals surface area contributed by atoms with Crippen LogP contribution in [0.5, 0.6) is 0 Å². The number of urea groups is 1. The molecule has 2 aromatic rings. The normalized spacial score (nSPS) is 10.3. The van der Waals surface area contributed by atoms with Crippen molar-refractivity contribution in [2.24, 2.45) is 7.05 Å². The maximum absolute atomic E-state index is 13.4. The van der Waals surface area contributed by atoms with Gasteiger partial charge in [-0.2, -0.15) is 5.10 Å². The number of nitrogens with one attached hydrogen (secondary N) is 2. The third-order valence-corrected chi connectivity index (χ3v) is 2.99. The number of para-hydroxylation sites is 1. The fourth-order valence-electron chi connectivity index (χ4n) is 1.66. The van der Waals surface area contributed by atoms with E-state index in [1.807, 2.05) is 13.8 Å². The highest BCUT2D eigenvalue weighted by atomic mass is 19.1. The minimum Gasteiger partial charge on any atom is -0.305 e. The summed E-state index contributed by atoms with van der Waals surface area (Å²) >= 11 is 0. The number of benzene rings is 1. The molecular weight excluding hydrogens is 247 g/mol. The summed E-state index contributed by atoms with van der Waals surface area (Å²) in [5.41, 5.74) is 1.97. The number of amides is 2. The van der Waals surface area contributed by atoms with Crippen molar-refractivity contribution in [1.82, 2.24) is 9.78 Å². The van der Waals surface area contributed by atoms with Crippen LogP contribution in [0.1, 0.15) is 11.3 Å². The molecule has 0 aliphatic heterocycles. The molecule has 0 atom stereocenters. The first-order valence-corrected chi connectivity index (χ1v) is 5.81. The SMILES string of the molecule is Cc1c(NC(=O)Nc2ccccc2F)nn(C)c1C. The van der Waals surface area contributed by atoms with Crippen LogP contribution in [0.15, 0.2) is 24.3 Å². The molecule has 0 saturated carbocycles. The van der Waals surface area contributed by atoms with Gasteiger partial charge in [0.05, 0.1) is 5.69 Å². The van der Waals surface area contributed by atoms with Crippen LogP contribution in [0.25, 0.3) is 0 Å². The van der Waals surface area contributed by atoms with Crippen LogP contribution in [0.2, 0.25) is 0 Å². The molecule has 0 aliphatic rings. The predicted molar refractivity (Wildman–Crippen MR) is 71.7 cm³/mol. The molecule has 0 bridgehead atoms. The number of hydrogen-bond donors (Lipinski definition) is 2. The molecule has 2 rings (SSSR count). The average Bonchev–Trinajstić information content (AvgIpc) is 2.60. The van der Waals surface area contributed by atoms with E-state index in [1.54, 1.807) is 23.9 Å². The Hall–Kier alpha value is -2.37. The quantitative estimate of drug-likeness (QED) is 0.874.